The number of aromatic nitrogens is 2. The Bertz CT molecular complexity index is 855. The lowest BCUT2D eigenvalue weighted by molar-refractivity contribution is 0.810. The van der Waals surface area contributed by atoms with Gasteiger partial charge in [0.05, 0.1) is 16.6 Å². The number of fused-ring (bicyclic) bond motifs is 1. The second kappa shape index (κ2) is 5.74. The van der Waals surface area contributed by atoms with Gasteiger partial charge in [0.2, 0.25) is 0 Å². The van der Waals surface area contributed by atoms with E-state index in [-0.39, 0.29) is 5.56 Å². The highest BCUT2D eigenvalue weighted by Gasteiger charge is 2.13. The summed E-state index contributed by atoms with van der Waals surface area (Å²) in [5, 5.41) is 1.38. The Morgan fingerprint density at radius 1 is 1.10 bits per heavy atom. The van der Waals surface area contributed by atoms with Gasteiger partial charge in [0, 0.05) is 0 Å². The second-order valence-electron chi connectivity index (χ2n) is 4.74. The molecule has 3 rings (SSSR count). The van der Waals surface area contributed by atoms with Crippen LogP contribution < -0.4 is 5.56 Å². The van der Waals surface area contributed by atoms with Gasteiger partial charge in [-0.15, -0.1) is 0 Å². The number of rotatable bonds is 3. The van der Waals surface area contributed by atoms with Crippen LogP contribution in [0.3, 0.4) is 0 Å². The van der Waals surface area contributed by atoms with Crippen molar-refractivity contribution in [1.29, 1.82) is 0 Å². The summed E-state index contributed by atoms with van der Waals surface area (Å²) in [4.78, 5) is 17.5. The molecular weight excluding hydrogens is 280 g/mol. The van der Waals surface area contributed by atoms with Crippen LogP contribution in [0.5, 0.6) is 0 Å². The van der Waals surface area contributed by atoms with E-state index in [0.29, 0.717) is 5.39 Å². The molecule has 3 aromatic rings. The molecule has 0 aliphatic carbocycles. The molecule has 0 aliphatic rings. The van der Waals surface area contributed by atoms with Gasteiger partial charge in [-0.2, -0.15) is 0 Å². The Labute approximate surface area is 127 Å². The third-order valence-electron chi connectivity index (χ3n) is 3.54. The fraction of sp³-hybridized carbons (Fsp3) is 0.176. The highest BCUT2D eigenvalue weighted by molar-refractivity contribution is 7.98. The topological polar surface area (TPSA) is 34.9 Å². The van der Waals surface area contributed by atoms with Crippen LogP contribution in [0, 0.1) is 0 Å². The van der Waals surface area contributed by atoms with Crippen LogP contribution in [-0.4, -0.2) is 15.8 Å². The van der Waals surface area contributed by atoms with E-state index in [1.165, 1.54) is 11.8 Å². The van der Waals surface area contributed by atoms with Gasteiger partial charge >= 0.3 is 0 Å². The first-order chi connectivity index (χ1) is 10.3. The minimum Gasteiger partial charge on any atom is -0.268 e. The first-order valence-corrected chi connectivity index (χ1v) is 8.12. The number of thioether (sulfide) groups is 1. The third-order valence-corrected chi connectivity index (χ3v) is 4.18. The van der Waals surface area contributed by atoms with Crippen LogP contribution in [0.25, 0.3) is 16.6 Å². The van der Waals surface area contributed by atoms with E-state index in [0.717, 1.165) is 28.3 Å². The lowest BCUT2D eigenvalue weighted by atomic mass is 10.1. The van der Waals surface area contributed by atoms with Crippen molar-refractivity contribution in [3.63, 3.8) is 0 Å². The zero-order chi connectivity index (χ0) is 14.8. The highest BCUT2D eigenvalue weighted by Crippen LogP contribution is 2.21. The van der Waals surface area contributed by atoms with E-state index in [9.17, 15) is 4.79 Å². The average Bonchev–Trinajstić information content (AvgIpc) is 2.54. The maximum absolute atomic E-state index is 12.9. The van der Waals surface area contributed by atoms with Crippen molar-refractivity contribution in [3.8, 4) is 5.69 Å². The summed E-state index contributed by atoms with van der Waals surface area (Å²) >= 11 is 1.49. The minimum atomic E-state index is -0.00847. The van der Waals surface area contributed by atoms with Crippen LogP contribution in [0.15, 0.2) is 58.5 Å². The van der Waals surface area contributed by atoms with Crippen molar-refractivity contribution in [2.45, 2.75) is 18.5 Å². The van der Waals surface area contributed by atoms with E-state index >= 15 is 0 Å². The molecule has 0 saturated carbocycles. The SMILES string of the molecule is CCc1ccccc1-n1c(SC)nc2ccccc2c1=O. The van der Waals surface area contributed by atoms with Crippen LogP contribution >= 0.6 is 11.8 Å². The van der Waals surface area contributed by atoms with Crippen LogP contribution in [0.1, 0.15) is 12.5 Å². The largest absolute Gasteiger partial charge is 0.268 e. The molecule has 0 unspecified atom stereocenters. The first-order valence-electron chi connectivity index (χ1n) is 6.90. The number of benzene rings is 2. The summed E-state index contributed by atoms with van der Waals surface area (Å²) in [6.07, 6.45) is 2.82. The van der Waals surface area contributed by atoms with Gasteiger partial charge in [0.15, 0.2) is 5.16 Å². The Morgan fingerprint density at radius 3 is 2.57 bits per heavy atom. The highest BCUT2D eigenvalue weighted by atomic mass is 32.2. The van der Waals surface area contributed by atoms with E-state index < -0.39 is 0 Å². The molecule has 2 aromatic carbocycles. The Hall–Kier alpha value is -2.07. The van der Waals surface area contributed by atoms with Gasteiger partial charge < -0.3 is 0 Å². The molecule has 0 aliphatic heterocycles. The molecule has 0 atom stereocenters. The molecule has 0 bridgehead atoms. The fourth-order valence-electron chi connectivity index (χ4n) is 2.49. The van der Waals surface area contributed by atoms with Gasteiger partial charge in [-0.1, -0.05) is 49.0 Å². The molecule has 21 heavy (non-hydrogen) atoms. The van der Waals surface area contributed by atoms with E-state index in [1.54, 1.807) is 4.57 Å². The molecule has 0 fully saturated rings. The van der Waals surface area contributed by atoms with Crippen molar-refractivity contribution in [2.75, 3.05) is 6.26 Å². The smallest absolute Gasteiger partial charge is 0.266 e. The predicted molar refractivity (Wildman–Crippen MR) is 88.5 cm³/mol. The fourth-order valence-corrected chi connectivity index (χ4v) is 3.04. The zero-order valence-corrected chi connectivity index (χ0v) is 12.9. The molecule has 4 heteroatoms. The van der Waals surface area contributed by atoms with Gasteiger partial charge in [0.1, 0.15) is 0 Å². The lowest BCUT2D eigenvalue weighted by Crippen LogP contribution is -2.22. The van der Waals surface area contributed by atoms with Gasteiger partial charge in [-0.05, 0) is 36.4 Å². The zero-order valence-electron chi connectivity index (χ0n) is 12.0. The standard InChI is InChI=1S/C17H16N2OS/c1-3-12-8-4-7-11-15(12)19-16(20)13-9-5-6-10-14(13)18-17(19)21-2/h4-11H,3H2,1-2H3. The Balaban J connectivity index is 2.41. The van der Waals surface area contributed by atoms with Gasteiger partial charge in [-0.3, -0.25) is 9.36 Å². The number of nitrogens with zero attached hydrogens (tertiary/aromatic N) is 2. The molecule has 1 aromatic heterocycles. The number of hydrogen-bond donors (Lipinski definition) is 0. The van der Waals surface area contributed by atoms with E-state index in [4.69, 9.17) is 0 Å². The van der Waals surface area contributed by atoms with Gasteiger partial charge in [-0.25, -0.2) is 4.98 Å². The molecular formula is C17H16N2OS. The number of para-hydroxylation sites is 2. The van der Waals surface area contributed by atoms with Gasteiger partial charge in [0.25, 0.3) is 5.56 Å². The summed E-state index contributed by atoms with van der Waals surface area (Å²) in [6, 6.07) is 15.5. The Kier molecular flexibility index (Phi) is 3.80. The molecule has 106 valence electrons. The summed E-state index contributed by atoms with van der Waals surface area (Å²) in [7, 11) is 0. The maximum atomic E-state index is 12.9. The number of hydrogen-bond acceptors (Lipinski definition) is 3. The minimum absolute atomic E-state index is 0.00847. The van der Waals surface area contributed by atoms with Crippen LogP contribution in [0.4, 0.5) is 0 Å². The lowest BCUT2D eigenvalue weighted by Gasteiger charge is -2.14. The van der Waals surface area contributed by atoms with Crippen molar-refractivity contribution in [2.24, 2.45) is 0 Å². The molecule has 0 N–H and O–H groups in total. The van der Waals surface area contributed by atoms with Crippen molar-refractivity contribution >= 4 is 22.7 Å². The quantitative estimate of drug-likeness (QED) is 0.546. The molecule has 1 heterocycles. The van der Waals surface area contributed by atoms with E-state index in [2.05, 4.69) is 18.0 Å². The first kappa shape index (κ1) is 13.9. The summed E-state index contributed by atoms with van der Waals surface area (Å²) in [6.45, 7) is 2.09. The average molecular weight is 296 g/mol. The van der Waals surface area contributed by atoms with E-state index in [1.807, 2.05) is 48.7 Å². The van der Waals surface area contributed by atoms with Crippen LogP contribution in [-0.2, 0) is 6.42 Å². The monoisotopic (exact) mass is 296 g/mol. The summed E-state index contributed by atoms with van der Waals surface area (Å²) in [5.74, 6) is 0. The van der Waals surface area contributed by atoms with Crippen molar-refractivity contribution in [1.82, 2.24) is 9.55 Å². The number of aryl methyl sites for hydroxylation is 1. The van der Waals surface area contributed by atoms with Crippen molar-refractivity contribution in [3.05, 3.63) is 64.4 Å². The predicted octanol–water partition coefficient (Wildman–Crippen LogP) is 3.67. The molecule has 0 saturated heterocycles. The molecule has 0 amide bonds. The second-order valence-corrected chi connectivity index (χ2v) is 5.51. The summed E-state index contributed by atoms with van der Waals surface area (Å²) < 4.78 is 1.73. The third kappa shape index (κ3) is 2.36. The van der Waals surface area contributed by atoms with Crippen LogP contribution in [0.2, 0.25) is 0 Å². The summed E-state index contributed by atoms with van der Waals surface area (Å²) in [5.41, 5.74) is 2.81. The molecule has 3 nitrogen and oxygen atoms in total. The molecule has 0 spiro atoms. The molecule has 0 radical (unpaired) electrons. The van der Waals surface area contributed by atoms with Crippen molar-refractivity contribution < 1.29 is 0 Å². The normalized spacial score (nSPS) is 11.0. The maximum Gasteiger partial charge on any atom is 0.266 e. The Morgan fingerprint density at radius 2 is 1.81 bits per heavy atom.